The number of aromatic nitrogens is 2. The van der Waals surface area contributed by atoms with Crippen LogP contribution >= 0.6 is 23.1 Å². The van der Waals surface area contributed by atoms with Crippen molar-refractivity contribution in [2.45, 2.75) is 6.54 Å². The molecule has 0 amide bonds. The molecule has 0 saturated heterocycles. The van der Waals surface area contributed by atoms with Crippen molar-refractivity contribution in [3.8, 4) is 0 Å². The maximum absolute atomic E-state index is 13.3. The summed E-state index contributed by atoms with van der Waals surface area (Å²) in [7, 11) is 0. The lowest BCUT2D eigenvalue weighted by atomic mass is 10.3. The number of hydrogen-bond donors (Lipinski definition) is 1. The fourth-order valence-electron chi connectivity index (χ4n) is 1.11. The highest BCUT2D eigenvalue weighted by molar-refractivity contribution is 7.03. The second-order valence-electron chi connectivity index (χ2n) is 2.85. The highest BCUT2D eigenvalue weighted by atomic mass is 35.5. The largest absolute Gasteiger partial charge is 0.376 e. The molecule has 1 aromatic carbocycles. The molecule has 15 heavy (non-hydrogen) atoms. The van der Waals surface area contributed by atoms with Crippen LogP contribution in [0.2, 0.25) is 5.02 Å². The molecule has 78 valence electrons. The van der Waals surface area contributed by atoms with Crippen LogP contribution in [0.4, 0.5) is 10.1 Å². The van der Waals surface area contributed by atoms with E-state index >= 15 is 0 Å². The first-order chi connectivity index (χ1) is 7.27. The minimum Gasteiger partial charge on any atom is -0.376 e. The summed E-state index contributed by atoms with van der Waals surface area (Å²) < 4.78 is 17.0. The van der Waals surface area contributed by atoms with E-state index < -0.39 is 0 Å². The van der Waals surface area contributed by atoms with Crippen LogP contribution in [0, 0.1) is 5.82 Å². The number of benzene rings is 1. The molecule has 0 saturated carbocycles. The quantitative estimate of drug-likeness (QED) is 0.901. The Hall–Kier alpha value is -1.20. The van der Waals surface area contributed by atoms with E-state index in [1.807, 2.05) is 0 Å². The first-order valence-corrected chi connectivity index (χ1v) is 5.42. The Balaban J connectivity index is 2.11. The topological polar surface area (TPSA) is 37.8 Å². The van der Waals surface area contributed by atoms with Gasteiger partial charge >= 0.3 is 0 Å². The number of nitrogens with one attached hydrogen (secondary N) is 1. The molecule has 0 radical (unpaired) electrons. The molecular formula is C9H7ClFN3S. The van der Waals surface area contributed by atoms with Crippen molar-refractivity contribution in [3.05, 3.63) is 40.1 Å². The van der Waals surface area contributed by atoms with Gasteiger partial charge in [-0.1, -0.05) is 22.2 Å². The van der Waals surface area contributed by atoms with Gasteiger partial charge in [-0.15, -0.1) is 5.10 Å². The summed E-state index contributed by atoms with van der Waals surface area (Å²) in [6, 6.07) is 4.55. The fraction of sp³-hybridized carbons (Fsp3) is 0.111. The lowest BCUT2D eigenvalue weighted by molar-refractivity contribution is 0.630. The third-order valence-electron chi connectivity index (χ3n) is 1.81. The minimum absolute atomic E-state index is 0.298. The zero-order chi connectivity index (χ0) is 10.7. The smallest absolute Gasteiger partial charge is 0.147 e. The zero-order valence-corrected chi connectivity index (χ0v) is 9.15. The van der Waals surface area contributed by atoms with Crippen LogP contribution in [0.15, 0.2) is 23.6 Å². The SMILES string of the molecule is Fc1cccc(Cl)c1NCc1csnn1. The summed E-state index contributed by atoms with van der Waals surface area (Å²) >= 11 is 7.09. The first kappa shape index (κ1) is 10.3. The van der Waals surface area contributed by atoms with E-state index in [2.05, 4.69) is 14.9 Å². The summed E-state index contributed by atoms with van der Waals surface area (Å²) in [6.45, 7) is 0.414. The molecule has 1 heterocycles. The first-order valence-electron chi connectivity index (χ1n) is 4.21. The number of anilines is 1. The standard InChI is InChI=1S/C9H7ClFN3S/c10-7-2-1-3-8(11)9(7)12-4-6-5-15-14-13-6/h1-3,5,12H,4H2. The normalized spacial score (nSPS) is 10.3. The van der Waals surface area contributed by atoms with Gasteiger partial charge in [0.2, 0.25) is 0 Å². The van der Waals surface area contributed by atoms with Crippen LogP contribution in [-0.4, -0.2) is 9.59 Å². The Morgan fingerprint density at radius 1 is 1.47 bits per heavy atom. The van der Waals surface area contributed by atoms with Gasteiger partial charge in [0, 0.05) is 5.38 Å². The number of halogens is 2. The summed E-state index contributed by atoms with van der Waals surface area (Å²) in [6.07, 6.45) is 0. The molecule has 0 spiro atoms. The predicted molar refractivity (Wildman–Crippen MR) is 58.6 cm³/mol. The molecule has 0 fully saturated rings. The van der Waals surface area contributed by atoms with Crippen LogP contribution in [0.1, 0.15) is 5.69 Å². The Kier molecular flexibility index (Phi) is 3.13. The molecule has 0 bridgehead atoms. The van der Waals surface area contributed by atoms with E-state index in [0.29, 0.717) is 17.3 Å². The Labute approximate surface area is 95.1 Å². The average Bonchev–Trinajstić information content (AvgIpc) is 2.70. The summed E-state index contributed by atoms with van der Waals surface area (Å²) in [5.74, 6) is -0.370. The van der Waals surface area contributed by atoms with Gasteiger partial charge in [-0.25, -0.2) is 4.39 Å². The van der Waals surface area contributed by atoms with E-state index in [-0.39, 0.29) is 5.82 Å². The number of rotatable bonds is 3. The van der Waals surface area contributed by atoms with Gasteiger partial charge in [0.15, 0.2) is 0 Å². The molecule has 2 rings (SSSR count). The Morgan fingerprint density at radius 2 is 2.33 bits per heavy atom. The lowest BCUT2D eigenvalue weighted by Crippen LogP contribution is -2.02. The van der Waals surface area contributed by atoms with Gasteiger partial charge in [-0.3, -0.25) is 0 Å². The van der Waals surface area contributed by atoms with Crippen LogP contribution in [0.25, 0.3) is 0 Å². The number of hydrogen-bond acceptors (Lipinski definition) is 4. The molecule has 6 heteroatoms. The molecule has 0 aliphatic heterocycles. The third kappa shape index (κ3) is 2.43. The maximum Gasteiger partial charge on any atom is 0.147 e. The van der Waals surface area contributed by atoms with Crippen molar-refractivity contribution in [2.75, 3.05) is 5.32 Å². The predicted octanol–water partition coefficient (Wildman–Crippen LogP) is 2.94. The second kappa shape index (κ2) is 4.55. The lowest BCUT2D eigenvalue weighted by Gasteiger charge is -2.07. The number of para-hydroxylation sites is 1. The van der Waals surface area contributed by atoms with Gasteiger partial charge in [0.25, 0.3) is 0 Å². The second-order valence-corrected chi connectivity index (χ2v) is 3.86. The highest BCUT2D eigenvalue weighted by Crippen LogP contribution is 2.24. The molecule has 0 aliphatic carbocycles. The Morgan fingerprint density at radius 3 is 3.00 bits per heavy atom. The summed E-state index contributed by atoms with van der Waals surface area (Å²) in [4.78, 5) is 0. The third-order valence-corrected chi connectivity index (χ3v) is 2.68. The van der Waals surface area contributed by atoms with E-state index in [0.717, 1.165) is 5.69 Å². The molecule has 2 aromatic rings. The van der Waals surface area contributed by atoms with Gasteiger partial charge in [0.05, 0.1) is 22.9 Å². The van der Waals surface area contributed by atoms with E-state index in [1.54, 1.807) is 17.5 Å². The van der Waals surface area contributed by atoms with Crippen LogP contribution in [-0.2, 0) is 6.54 Å². The number of nitrogens with zero attached hydrogens (tertiary/aromatic N) is 2. The van der Waals surface area contributed by atoms with E-state index in [9.17, 15) is 4.39 Å². The van der Waals surface area contributed by atoms with E-state index in [1.165, 1.54) is 17.6 Å². The monoisotopic (exact) mass is 243 g/mol. The average molecular weight is 244 g/mol. The van der Waals surface area contributed by atoms with Gasteiger partial charge in [-0.2, -0.15) is 0 Å². The van der Waals surface area contributed by atoms with E-state index in [4.69, 9.17) is 11.6 Å². The van der Waals surface area contributed by atoms with Gasteiger partial charge in [-0.05, 0) is 23.7 Å². The summed E-state index contributed by atoms with van der Waals surface area (Å²) in [5, 5.41) is 8.86. The van der Waals surface area contributed by atoms with Crippen molar-refractivity contribution in [1.29, 1.82) is 0 Å². The van der Waals surface area contributed by atoms with Crippen LogP contribution in [0.5, 0.6) is 0 Å². The van der Waals surface area contributed by atoms with Crippen molar-refractivity contribution in [3.63, 3.8) is 0 Å². The molecule has 0 aliphatic rings. The van der Waals surface area contributed by atoms with Crippen molar-refractivity contribution >= 4 is 28.8 Å². The van der Waals surface area contributed by atoms with Crippen molar-refractivity contribution in [2.24, 2.45) is 0 Å². The van der Waals surface area contributed by atoms with Crippen molar-refractivity contribution in [1.82, 2.24) is 9.59 Å². The summed E-state index contributed by atoms with van der Waals surface area (Å²) in [5.41, 5.74) is 1.06. The minimum atomic E-state index is -0.370. The fourth-order valence-corrected chi connectivity index (χ4v) is 1.79. The van der Waals surface area contributed by atoms with Crippen LogP contribution in [0.3, 0.4) is 0 Å². The Bertz CT molecular complexity index is 426. The van der Waals surface area contributed by atoms with Gasteiger partial charge < -0.3 is 5.32 Å². The molecular weight excluding hydrogens is 237 g/mol. The maximum atomic E-state index is 13.3. The van der Waals surface area contributed by atoms with Crippen LogP contribution < -0.4 is 5.32 Å². The van der Waals surface area contributed by atoms with Gasteiger partial charge in [0.1, 0.15) is 5.82 Å². The zero-order valence-electron chi connectivity index (χ0n) is 7.58. The molecule has 0 unspecified atom stereocenters. The molecule has 1 N–H and O–H groups in total. The molecule has 0 atom stereocenters. The van der Waals surface area contributed by atoms with Crippen molar-refractivity contribution < 1.29 is 4.39 Å². The highest BCUT2D eigenvalue weighted by Gasteiger charge is 2.06. The molecule has 1 aromatic heterocycles. The molecule has 3 nitrogen and oxygen atoms in total.